The number of carboxylic acids is 1. The van der Waals surface area contributed by atoms with E-state index in [1.165, 1.54) is 64.9 Å². The van der Waals surface area contributed by atoms with Gasteiger partial charge in [-0.3, -0.25) is 28.8 Å². The largest absolute Gasteiger partial charge is 0.508 e. The van der Waals surface area contributed by atoms with Gasteiger partial charge < -0.3 is 51.5 Å². The minimum Gasteiger partial charge on any atom is -0.508 e. The van der Waals surface area contributed by atoms with Gasteiger partial charge in [-0.15, -0.1) is 0 Å². The lowest BCUT2D eigenvalue weighted by Gasteiger charge is -2.36. The number of aryl methyl sites for hydroxylation is 1. The maximum absolute atomic E-state index is 14.0. The number of rotatable bonds is 16. The van der Waals surface area contributed by atoms with Crippen molar-refractivity contribution in [3.8, 4) is 11.1 Å². The van der Waals surface area contributed by atoms with E-state index in [4.69, 9.17) is 0 Å². The minimum absolute atomic E-state index is 0.0331. The fourth-order valence-electron chi connectivity index (χ4n) is 8.26. The summed E-state index contributed by atoms with van der Waals surface area (Å²) in [4.78, 5) is 95.2. The second-order valence-corrected chi connectivity index (χ2v) is 17.2. The van der Waals surface area contributed by atoms with Crippen molar-refractivity contribution in [2.24, 2.45) is 5.92 Å². The van der Waals surface area contributed by atoms with Crippen LogP contribution in [0.1, 0.15) is 81.6 Å². The quantitative estimate of drug-likeness (QED) is 0.114. The molecule has 6 amide bonds. The molecule has 17 nitrogen and oxygen atoms in total. The summed E-state index contributed by atoms with van der Waals surface area (Å²) in [7, 11) is 2.68. The van der Waals surface area contributed by atoms with Gasteiger partial charge >= 0.3 is 5.97 Å². The molecule has 0 radical (unpaired) electrons. The number of likely N-dealkylation sites (N-methyl/N-ethyl adjacent to an activating group) is 2. The number of aliphatic carboxylic acids is 1. The van der Waals surface area contributed by atoms with Crippen molar-refractivity contribution in [3.63, 3.8) is 0 Å². The van der Waals surface area contributed by atoms with Crippen molar-refractivity contribution in [1.29, 1.82) is 0 Å². The number of hydrogen-bond donors (Lipinski definition) is 8. The summed E-state index contributed by atoms with van der Waals surface area (Å²) in [5.41, 5.74) is 4.53. The van der Waals surface area contributed by atoms with E-state index in [2.05, 4.69) is 40.3 Å². The Morgan fingerprint density at radius 3 is 2.20 bits per heavy atom. The van der Waals surface area contributed by atoms with E-state index in [9.17, 15) is 54.0 Å². The Bertz CT molecular complexity index is 2270. The van der Waals surface area contributed by atoms with Crippen LogP contribution >= 0.6 is 0 Å². The third-order valence-electron chi connectivity index (χ3n) is 12.4. The fourth-order valence-corrected chi connectivity index (χ4v) is 8.26. The molecule has 5 rings (SSSR count). The highest BCUT2D eigenvalue weighted by Gasteiger charge is 2.39. The number of fused-ring (bicyclic) bond motifs is 4. The molecule has 2 aromatic rings. The molecule has 2 aromatic carbocycles. The third-order valence-corrected chi connectivity index (χ3v) is 12.4. The van der Waals surface area contributed by atoms with Gasteiger partial charge in [0.05, 0.1) is 19.3 Å². The highest BCUT2D eigenvalue weighted by Crippen LogP contribution is 2.36. The Morgan fingerprint density at radius 1 is 0.894 bits per heavy atom. The second kappa shape index (κ2) is 23.0. The maximum Gasteiger partial charge on any atom is 0.326 e. The molecule has 354 valence electrons. The van der Waals surface area contributed by atoms with Crippen molar-refractivity contribution in [3.05, 3.63) is 106 Å². The summed E-state index contributed by atoms with van der Waals surface area (Å²) in [6.07, 6.45) is 10.7. The van der Waals surface area contributed by atoms with Crippen LogP contribution in [0.4, 0.5) is 0 Å². The van der Waals surface area contributed by atoms with Crippen molar-refractivity contribution in [2.45, 2.75) is 108 Å². The molecule has 0 fully saturated rings. The van der Waals surface area contributed by atoms with Gasteiger partial charge in [0.2, 0.25) is 29.5 Å². The molecule has 0 saturated heterocycles. The molecule has 4 bridgehead atoms. The van der Waals surface area contributed by atoms with Crippen LogP contribution in [0.5, 0.6) is 0 Å². The first kappa shape index (κ1) is 50.4. The van der Waals surface area contributed by atoms with Gasteiger partial charge in [-0.25, -0.2) is 4.79 Å². The van der Waals surface area contributed by atoms with Gasteiger partial charge in [-0.1, -0.05) is 80.8 Å². The average molecular weight is 911 g/mol. The lowest BCUT2D eigenvalue weighted by Crippen LogP contribution is -2.58. The molecule has 3 aliphatic rings. The summed E-state index contributed by atoms with van der Waals surface area (Å²) in [5.74, 6) is -6.80. The summed E-state index contributed by atoms with van der Waals surface area (Å²) in [6.45, 7) is 3.50. The van der Waals surface area contributed by atoms with Gasteiger partial charge in [0.15, 0.2) is 0 Å². The number of carbonyl (C=O) groups is 7. The van der Waals surface area contributed by atoms with Crippen LogP contribution in [0.3, 0.4) is 0 Å². The normalized spacial score (nSPS) is 21.7. The molecule has 0 saturated carbocycles. The van der Waals surface area contributed by atoms with E-state index in [0.29, 0.717) is 11.1 Å². The number of carbonyl (C=O) groups excluding carboxylic acids is 6. The first-order valence-electron chi connectivity index (χ1n) is 22.4. The van der Waals surface area contributed by atoms with Crippen molar-refractivity contribution < 1.29 is 54.0 Å². The number of aliphatic hydroxyl groups is 3. The molecule has 17 heteroatoms. The van der Waals surface area contributed by atoms with E-state index in [1.807, 2.05) is 12.1 Å². The topological polar surface area (TPSA) is 255 Å². The number of nitrogens with one attached hydrogen (secondary N) is 4. The zero-order chi connectivity index (χ0) is 48.2. The highest BCUT2D eigenvalue weighted by atomic mass is 16.4. The molecular weight excluding hydrogens is 849 g/mol. The maximum atomic E-state index is 14.0. The highest BCUT2D eigenvalue weighted by molar-refractivity contribution is 5.99. The minimum atomic E-state index is -1.38. The zero-order valence-corrected chi connectivity index (χ0v) is 38.1. The van der Waals surface area contributed by atoms with Gasteiger partial charge in [0.1, 0.15) is 36.0 Å². The monoisotopic (exact) mass is 910 g/mol. The van der Waals surface area contributed by atoms with Crippen molar-refractivity contribution >= 4 is 41.4 Å². The molecule has 7 atom stereocenters. The molecular formula is C49H62N6O11. The number of aliphatic hydroxyl groups excluding tert-OH is 3. The predicted octanol–water partition coefficient (Wildman–Crippen LogP) is 2.84. The molecule has 0 unspecified atom stereocenters. The van der Waals surface area contributed by atoms with Crippen molar-refractivity contribution in [2.75, 3.05) is 27.2 Å². The number of allylic oxidation sites excluding steroid dienone is 2. The lowest BCUT2D eigenvalue weighted by molar-refractivity contribution is -0.143. The van der Waals surface area contributed by atoms with Gasteiger partial charge in [-0.2, -0.15) is 0 Å². The van der Waals surface area contributed by atoms with Crippen LogP contribution in [0, 0.1) is 5.92 Å². The standard InChI is InChI=1S/C49H62N6O11/c1-6-7-8-9-10-30-11-14-32(15-12-30)33-16-18-34(19-17-33)48(64)54(4)39(27-56)46(62)51-28(2)44(60)50-26-42(59)55(5)43-35-20-22-41(58)37(25-35)36-23-31(13-21-40(36)57)24-38(49(65)66)53-45(61)29(3)52-47(43)63/h11-20,22-23,28-29,35,38-40,43,56-58H,6-10,21,24-27H2,1-5H3,(H,50,60)(H,51,62)(H,52,63)(H,53,61)(H,65,66)/t28-,29+,35+,38+,39-,40+,43+/m1/s1. The van der Waals surface area contributed by atoms with Gasteiger partial charge in [0.25, 0.3) is 5.91 Å². The van der Waals surface area contributed by atoms with Crippen LogP contribution in [0.15, 0.2) is 95.3 Å². The number of benzene rings is 2. The van der Waals surface area contributed by atoms with E-state index in [0.717, 1.165) is 33.8 Å². The second-order valence-electron chi connectivity index (χ2n) is 17.2. The predicted molar refractivity (Wildman–Crippen MR) is 245 cm³/mol. The number of nitrogens with zero attached hydrogens (tertiary/aromatic N) is 2. The fraction of sp³-hybridized carbons (Fsp3) is 0.449. The lowest BCUT2D eigenvalue weighted by atomic mass is 9.79. The Morgan fingerprint density at radius 2 is 1.56 bits per heavy atom. The van der Waals surface area contributed by atoms with Crippen LogP contribution in [-0.4, -0.2) is 135 Å². The Hall–Kier alpha value is -6.59. The Balaban J connectivity index is 1.21. The molecule has 0 aromatic heterocycles. The van der Waals surface area contributed by atoms with Crippen LogP contribution in [-0.2, 0) is 35.2 Å². The van der Waals surface area contributed by atoms with E-state index >= 15 is 0 Å². The number of amides is 6. The summed E-state index contributed by atoms with van der Waals surface area (Å²) >= 11 is 0. The molecule has 0 spiro atoms. The summed E-state index contributed by atoms with van der Waals surface area (Å²) in [6, 6.07) is 8.63. The molecule has 8 N–H and O–H groups in total. The SMILES string of the molecule is CCCCCCc1ccc(-c2ccc(C(=O)N(C)[C@H](CO)C(=O)N[C@H](C)C(=O)NCC(=O)N(C)[C@@H]3C(=O)N[C@@H](C)C(=O)N[C@H](C(=O)O)CC4=CC[C@H](O)C(=C4)C4=C(O)C=C[C@H]3C4)cc2)cc1. The molecule has 1 aliphatic heterocycles. The number of carboxylic acid groups (broad SMARTS) is 1. The van der Waals surface area contributed by atoms with Crippen LogP contribution in [0.25, 0.3) is 11.1 Å². The van der Waals surface area contributed by atoms with Gasteiger partial charge in [-0.05, 0) is 85.6 Å². The number of unbranched alkanes of at least 4 members (excludes halogenated alkanes) is 3. The van der Waals surface area contributed by atoms with E-state index in [1.54, 1.807) is 36.4 Å². The average Bonchev–Trinajstić information content (AvgIpc) is 3.30. The number of hydrogen-bond acceptors (Lipinski definition) is 10. The Kier molecular flexibility index (Phi) is 17.6. The third kappa shape index (κ3) is 12.6. The van der Waals surface area contributed by atoms with Crippen LogP contribution < -0.4 is 21.3 Å². The molecule has 2 aliphatic carbocycles. The van der Waals surface area contributed by atoms with E-state index in [-0.39, 0.29) is 36.2 Å². The summed E-state index contributed by atoms with van der Waals surface area (Å²) in [5, 5.41) is 51.9. The van der Waals surface area contributed by atoms with Crippen LogP contribution in [0.2, 0.25) is 0 Å². The van der Waals surface area contributed by atoms with E-state index < -0.39 is 96.8 Å². The van der Waals surface area contributed by atoms with Gasteiger partial charge in [0, 0.05) is 37.6 Å². The molecule has 66 heavy (non-hydrogen) atoms. The first-order valence-corrected chi connectivity index (χ1v) is 22.4. The summed E-state index contributed by atoms with van der Waals surface area (Å²) < 4.78 is 0. The molecule has 1 heterocycles. The smallest absolute Gasteiger partial charge is 0.326 e. The van der Waals surface area contributed by atoms with Crippen molar-refractivity contribution in [1.82, 2.24) is 31.1 Å². The zero-order valence-electron chi connectivity index (χ0n) is 38.1. The Labute approximate surface area is 384 Å². The first-order chi connectivity index (χ1) is 31.4.